The van der Waals surface area contributed by atoms with Crippen LogP contribution < -0.4 is 4.74 Å². The molecule has 2 aromatic rings. The van der Waals surface area contributed by atoms with Gasteiger partial charge in [0.15, 0.2) is 0 Å². The van der Waals surface area contributed by atoms with Gasteiger partial charge < -0.3 is 9.64 Å². The number of hydrogen-bond donors (Lipinski definition) is 0. The molecule has 2 rings (SSSR count). The van der Waals surface area contributed by atoms with Crippen LogP contribution in [0.15, 0.2) is 30.3 Å². The van der Waals surface area contributed by atoms with E-state index in [1.165, 1.54) is 18.9 Å². The minimum absolute atomic E-state index is 0.0743. The van der Waals surface area contributed by atoms with Crippen LogP contribution in [0.2, 0.25) is 0 Å². The van der Waals surface area contributed by atoms with Crippen molar-refractivity contribution < 1.29 is 19.4 Å². The van der Waals surface area contributed by atoms with Gasteiger partial charge in [0.1, 0.15) is 12.4 Å². The Hall–Kier alpha value is -3.49. The number of non-ortho nitro benzene ring substituents is 1. The van der Waals surface area contributed by atoms with E-state index < -0.39 is 27.1 Å². The summed E-state index contributed by atoms with van der Waals surface area (Å²) in [5.41, 5.74) is 1.16. The van der Waals surface area contributed by atoms with Gasteiger partial charge in [-0.2, -0.15) is 0 Å². The first-order valence-corrected chi connectivity index (χ1v) is 8.50. The molecule has 0 aliphatic heterocycles. The highest BCUT2D eigenvalue weighted by Gasteiger charge is 2.26. The molecule has 0 aromatic heterocycles. The van der Waals surface area contributed by atoms with Crippen LogP contribution in [0.1, 0.15) is 27.0 Å². The van der Waals surface area contributed by atoms with Gasteiger partial charge in [-0.1, -0.05) is 6.07 Å². The molecule has 9 nitrogen and oxygen atoms in total. The van der Waals surface area contributed by atoms with Crippen LogP contribution in [0.5, 0.6) is 5.75 Å². The third kappa shape index (κ3) is 4.81. The van der Waals surface area contributed by atoms with Crippen LogP contribution in [-0.4, -0.2) is 40.9 Å². The van der Waals surface area contributed by atoms with Gasteiger partial charge in [0.2, 0.25) is 0 Å². The number of likely N-dealkylation sites (N-methyl/N-ethyl adjacent to an activating group) is 1. The van der Waals surface area contributed by atoms with Crippen LogP contribution in [0.25, 0.3) is 0 Å². The molecule has 2 aromatic carbocycles. The number of carbonyl (C=O) groups excluding carboxylic acids is 1. The second-order valence-electron chi connectivity index (χ2n) is 6.55. The van der Waals surface area contributed by atoms with Gasteiger partial charge in [0, 0.05) is 18.7 Å². The first kappa shape index (κ1) is 20.8. The van der Waals surface area contributed by atoms with Crippen molar-refractivity contribution in [3.8, 4) is 5.75 Å². The standard InChI is InChI=1S/C19H21N3O6/c1-12-7-13(2)9-16(8-12)28-6-5-20(4)19(23)17-10-15(21(24)25)11-18(14(17)3)22(26)27/h7-11H,5-6H2,1-4H3. The fourth-order valence-electron chi connectivity index (χ4n) is 2.83. The number of carbonyl (C=O) groups is 1. The number of benzene rings is 2. The normalized spacial score (nSPS) is 10.4. The van der Waals surface area contributed by atoms with Crippen LogP contribution in [0.3, 0.4) is 0 Å². The SMILES string of the molecule is Cc1cc(C)cc(OCCN(C)C(=O)c2cc([N+](=O)[O-])cc([N+](=O)[O-])c2C)c1. The molecule has 0 spiro atoms. The third-order valence-electron chi connectivity index (χ3n) is 4.24. The van der Waals surface area contributed by atoms with Gasteiger partial charge in [-0.25, -0.2) is 0 Å². The fraction of sp³-hybridized carbons (Fsp3) is 0.316. The Kier molecular flexibility index (Phi) is 6.29. The quantitative estimate of drug-likeness (QED) is 0.529. The lowest BCUT2D eigenvalue weighted by atomic mass is 10.0. The van der Waals surface area contributed by atoms with E-state index in [1.807, 2.05) is 32.0 Å². The summed E-state index contributed by atoms with van der Waals surface area (Å²) in [6.45, 7) is 5.72. The average molecular weight is 387 g/mol. The van der Waals surface area contributed by atoms with E-state index in [1.54, 1.807) is 0 Å². The number of amides is 1. The Balaban J connectivity index is 2.16. The van der Waals surface area contributed by atoms with Crippen molar-refractivity contribution in [1.29, 1.82) is 0 Å². The van der Waals surface area contributed by atoms with Crippen molar-refractivity contribution >= 4 is 17.3 Å². The van der Waals surface area contributed by atoms with Crippen molar-refractivity contribution in [3.63, 3.8) is 0 Å². The summed E-state index contributed by atoms with van der Waals surface area (Å²) in [5.74, 6) is 0.133. The van der Waals surface area contributed by atoms with Crippen molar-refractivity contribution in [2.75, 3.05) is 20.2 Å². The molecule has 148 valence electrons. The second kappa shape index (κ2) is 8.47. The molecule has 0 bridgehead atoms. The van der Waals surface area contributed by atoms with Crippen molar-refractivity contribution in [3.05, 3.63) is 72.8 Å². The van der Waals surface area contributed by atoms with Gasteiger partial charge >= 0.3 is 0 Å². The smallest absolute Gasteiger partial charge is 0.279 e. The predicted molar refractivity (Wildman–Crippen MR) is 103 cm³/mol. The number of aryl methyl sites for hydroxylation is 2. The molecule has 0 radical (unpaired) electrons. The molecule has 0 heterocycles. The molecule has 0 unspecified atom stereocenters. The monoisotopic (exact) mass is 387 g/mol. The first-order valence-electron chi connectivity index (χ1n) is 8.50. The van der Waals surface area contributed by atoms with E-state index in [4.69, 9.17) is 4.74 Å². The van der Waals surface area contributed by atoms with E-state index >= 15 is 0 Å². The van der Waals surface area contributed by atoms with E-state index in [9.17, 15) is 25.0 Å². The van der Waals surface area contributed by atoms with Crippen LogP contribution in [0.4, 0.5) is 11.4 Å². The number of nitro benzene ring substituents is 2. The van der Waals surface area contributed by atoms with E-state index in [-0.39, 0.29) is 24.3 Å². The van der Waals surface area contributed by atoms with E-state index in [0.29, 0.717) is 5.75 Å². The maximum Gasteiger partial charge on any atom is 0.279 e. The fourth-order valence-corrected chi connectivity index (χ4v) is 2.83. The van der Waals surface area contributed by atoms with Gasteiger partial charge in [-0.15, -0.1) is 0 Å². The Bertz CT molecular complexity index is 921. The largest absolute Gasteiger partial charge is 0.492 e. The van der Waals surface area contributed by atoms with Crippen LogP contribution in [0, 0.1) is 41.0 Å². The van der Waals surface area contributed by atoms with Gasteiger partial charge in [-0.3, -0.25) is 25.0 Å². The maximum atomic E-state index is 12.7. The van der Waals surface area contributed by atoms with Crippen LogP contribution in [-0.2, 0) is 0 Å². The summed E-state index contributed by atoms with van der Waals surface area (Å²) in [6.07, 6.45) is 0. The molecule has 0 atom stereocenters. The summed E-state index contributed by atoms with van der Waals surface area (Å²) in [6, 6.07) is 7.69. The molecule has 28 heavy (non-hydrogen) atoms. The Morgan fingerprint density at radius 2 is 1.61 bits per heavy atom. The molecule has 0 fully saturated rings. The highest BCUT2D eigenvalue weighted by molar-refractivity contribution is 5.97. The number of rotatable bonds is 7. The highest BCUT2D eigenvalue weighted by Crippen LogP contribution is 2.28. The molecule has 0 aliphatic carbocycles. The topological polar surface area (TPSA) is 116 Å². The van der Waals surface area contributed by atoms with E-state index in [2.05, 4.69) is 0 Å². The zero-order valence-electron chi connectivity index (χ0n) is 16.1. The van der Waals surface area contributed by atoms with Gasteiger partial charge in [0.25, 0.3) is 17.3 Å². The lowest BCUT2D eigenvalue weighted by molar-refractivity contribution is -0.394. The molecule has 9 heteroatoms. The average Bonchev–Trinajstić information content (AvgIpc) is 2.59. The van der Waals surface area contributed by atoms with Gasteiger partial charge in [-0.05, 0) is 44.0 Å². The van der Waals surface area contributed by atoms with Crippen molar-refractivity contribution in [2.45, 2.75) is 20.8 Å². The van der Waals surface area contributed by atoms with E-state index in [0.717, 1.165) is 23.3 Å². The number of nitrogens with zero attached hydrogens (tertiary/aromatic N) is 3. The highest BCUT2D eigenvalue weighted by atomic mass is 16.6. The molecule has 0 saturated carbocycles. The number of ether oxygens (including phenoxy) is 1. The number of hydrogen-bond acceptors (Lipinski definition) is 6. The minimum atomic E-state index is -0.758. The Morgan fingerprint density at radius 1 is 1.00 bits per heavy atom. The third-order valence-corrected chi connectivity index (χ3v) is 4.24. The maximum absolute atomic E-state index is 12.7. The minimum Gasteiger partial charge on any atom is -0.492 e. The zero-order chi connectivity index (χ0) is 21.0. The molecule has 1 amide bonds. The lowest BCUT2D eigenvalue weighted by Crippen LogP contribution is -2.31. The summed E-state index contributed by atoms with van der Waals surface area (Å²) >= 11 is 0. The zero-order valence-corrected chi connectivity index (χ0v) is 16.1. The lowest BCUT2D eigenvalue weighted by Gasteiger charge is -2.19. The predicted octanol–water partition coefficient (Wildman–Crippen LogP) is 3.58. The second-order valence-corrected chi connectivity index (χ2v) is 6.55. The Morgan fingerprint density at radius 3 is 2.14 bits per heavy atom. The summed E-state index contributed by atoms with van der Waals surface area (Å²) in [5, 5.41) is 22.2. The van der Waals surface area contributed by atoms with Crippen molar-refractivity contribution in [2.24, 2.45) is 0 Å². The van der Waals surface area contributed by atoms with Crippen LogP contribution >= 0.6 is 0 Å². The van der Waals surface area contributed by atoms with Crippen molar-refractivity contribution in [1.82, 2.24) is 4.90 Å². The molecule has 0 aliphatic rings. The molecule has 0 N–H and O–H groups in total. The molecular formula is C19H21N3O6. The first-order chi connectivity index (χ1) is 13.1. The molecule has 0 saturated heterocycles. The Labute approximate surface area is 161 Å². The summed E-state index contributed by atoms with van der Waals surface area (Å²) in [4.78, 5) is 34.7. The molecular weight excluding hydrogens is 366 g/mol. The number of nitro groups is 2. The summed E-state index contributed by atoms with van der Waals surface area (Å²) in [7, 11) is 1.51. The van der Waals surface area contributed by atoms with Gasteiger partial charge in [0.05, 0.1) is 28.0 Å². The summed E-state index contributed by atoms with van der Waals surface area (Å²) < 4.78 is 5.67.